The highest BCUT2D eigenvalue weighted by Gasteiger charge is 2.14. The number of nitro benzene ring substituents is 1. The van der Waals surface area contributed by atoms with Crippen molar-refractivity contribution in [1.82, 2.24) is 9.97 Å². The summed E-state index contributed by atoms with van der Waals surface area (Å²) in [6.07, 6.45) is 3.28. The molecule has 1 aromatic carbocycles. The molecule has 0 saturated carbocycles. The third kappa shape index (κ3) is 2.90. The summed E-state index contributed by atoms with van der Waals surface area (Å²) in [6, 6.07) is 4.69. The maximum absolute atomic E-state index is 10.8. The highest BCUT2D eigenvalue weighted by atomic mass is 16.6. The summed E-state index contributed by atoms with van der Waals surface area (Å²) in [5, 5.41) is 14.1. The van der Waals surface area contributed by atoms with Crippen LogP contribution < -0.4 is 5.32 Å². The molecule has 0 radical (unpaired) electrons. The van der Waals surface area contributed by atoms with E-state index in [1.807, 2.05) is 20.8 Å². The molecular weight excluding hydrogens is 256 g/mol. The molecule has 0 aliphatic carbocycles. The van der Waals surface area contributed by atoms with Crippen molar-refractivity contribution < 1.29 is 4.92 Å². The third-order valence-corrected chi connectivity index (χ3v) is 3.13. The molecule has 2 rings (SSSR count). The lowest BCUT2D eigenvalue weighted by Crippen LogP contribution is -2.12. The molecule has 1 aromatic heterocycles. The Morgan fingerprint density at radius 2 is 1.95 bits per heavy atom. The minimum atomic E-state index is -0.400. The number of nitrogens with zero attached hydrogens (tertiary/aromatic N) is 3. The first-order chi connectivity index (χ1) is 9.49. The maximum atomic E-state index is 10.8. The number of hydrogen-bond acceptors (Lipinski definition) is 5. The van der Waals surface area contributed by atoms with Crippen molar-refractivity contribution in [1.29, 1.82) is 0 Å². The zero-order valence-electron chi connectivity index (χ0n) is 11.6. The van der Waals surface area contributed by atoms with E-state index in [4.69, 9.17) is 0 Å². The summed E-state index contributed by atoms with van der Waals surface area (Å²) in [5.74, 6) is 0. The molecule has 0 amide bonds. The summed E-state index contributed by atoms with van der Waals surface area (Å²) < 4.78 is 0. The van der Waals surface area contributed by atoms with Gasteiger partial charge in [-0.3, -0.25) is 20.1 Å². The number of hydrogen-bond donors (Lipinski definition) is 1. The van der Waals surface area contributed by atoms with Gasteiger partial charge in [-0.2, -0.15) is 0 Å². The van der Waals surface area contributed by atoms with Gasteiger partial charge < -0.3 is 5.32 Å². The van der Waals surface area contributed by atoms with Crippen molar-refractivity contribution in [2.45, 2.75) is 26.8 Å². The summed E-state index contributed by atoms with van der Waals surface area (Å²) in [6.45, 7) is 5.75. The fourth-order valence-corrected chi connectivity index (χ4v) is 2.02. The van der Waals surface area contributed by atoms with Crippen molar-refractivity contribution in [2.24, 2.45) is 0 Å². The molecule has 6 heteroatoms. The van der Waals surface area contributed by atoms with Gasteiger partial charge in [0.2, 0.25) is 0 Å². The molecule has 6 nitrogen and oxygen atoms in total. The summed E-state index contributed by atoms with van der Waals surface area (Å²) >= 11 is 0. The van der Waals surface area contributed by atoms with Crippen LogP contribution >= 0.6 is 0 Å². The van der Waals surface area contributed by atoms with Crippen LogP contribution in [0.25, 0.3) is 0 Å². The lowest BCUT2D eigenvalue weighted by molar-refractivity contribution is -0.384. The molecule has 2 aromatic rings. The van der Waals surface area contributed by atoms with Crippen LogP contribution in [0, 0.1) is 24.0 Å². The van der Waals surface area contributed by atoms with Gasteiger partial charge in [0.25, 0.3) is 5.69 Å². The van der Waals surface area contributed by atoms with Crippen LogP contribution in [0.15, 0.2) is 30.6 Å². The predicted octanol–water partition coefficient (Wildman–Crippen LogP) is 3.17. The van der Waals surface area contributed by atoms with Crippen LogP contribution in [0.1, 0.15) is 29.9 Å². The van der Waals surface area contributed by atoms with Crippen molar-refractivity contribution in [3.05, 3.63) is 57.7 Å². The molecule has 0 spiro atoms. The molecule has 0 fully saturated rings. The first kappa shape index (κ1) is 13.9. The Morgan fingerprint density at radius 3 is 2.60 bits per heavy atom. The minimum absolute atomic E-state index is 0.0705. The Kier molecular flexibility index (Phi) is 3.93. The van der Waals surface area contributed by atoms with Crippen LogP contribution in [0.5, 0.6) is 0 Å². The van der Waals surface area contributed by atoms with E-state index in [0.717, 1.165) is 22.6 Å². The van der Waals surface area contributed by atoms with Gasteiger partial charge in [0.05, 0.1) is 22.4 Å². The molecule has 0 bridgehead atoms. The SMILES string of the molecule is Cc1ccc([N+](=O)[O-])cc1NC(C)c1nccnc1C. The first-order valence-electron chi connectivity index (χ1n) is 6.28. The summed E-state index contributed by atoms with van der Waals surface area (Å²) in [5.41, 5.74) is 3.43. The number of benzene rings is 1. The number of non-ortho nitro benzene ring substituents is 1. The van der Waals surface area contributed by atoms with Crippen molar-refractivity contribution >= 4 is 11.4 Å². The van der Waals surface area contributed by atoms with Crippen LogP contribution in [-0.4, -0.2) is 14.9 Å². The number of nitro groups is 1. The molecular formula is C14H16N4O2. The van der Waals surface area contributed by atoms with Gasteiger partial charge in [0, 0.05) is 30.2 Å². The highest BCUT2D eigenvalue weighted by molar-refractivity contribution is 5.57. The molecule has 1 atom stereocenters. The van der Waals surface area contributed by atoms with Gasteiger partial charge in [-0.05, 0) is 26.3 Å². The smallest absolute Gasteiger partial charge is 0.271 e. The fraction of sp³-hybridized carbons (Fsp3) is 0.286. The standard InChI is InChI=1S/C14H16N4O2/c1-9-4-5-12(18(19)20)8-13(9)17-11(3)14-10(2)15-6-7-16-14/h4-8,11,17H,1-3H3. The van der Waals surface area contributed by atoms with Crippen LogP contribution in [0.4, 0.5) is 11.4 Å². The lowest BCUT2D eigenvalue weighted by atomic mass is 10.1. The quantitative estimate of drug-likeness (QED) is 0.683. The van der Waals surface area contributed by atoms with Crippen molar-refractivity contribution in [3.8, 4) is 0 Å². The Hall–Kier alpha value is -2.50. The molecule has 1 N–H and O–H groups in total. The molecule has 0 aliphatic rings. The van der Waals surface area contributed by atoms with Gasteiger partial charge in [-0.1, -0.05) is 6.07 Å². The van der Waals surface area contributed by atoms with Gasteiger partial charge in [0.1, 0.15) is 0 Å². The van der Waals surface area contributed by atoms with E-state index >= 15 is 0 Å². The van der Waals surface area contributed by atoms with Gasteiger partial charge in [-0.25, -0.2) is 0 Å². The van der Waals surface area contributed by atoms with E-state index < -0.39 is 4.92 Å². The van der Waals surface area contributed by atoms with Crippen molar-refractivity contribution in [3.63, 3.8) is 0 Å². The zero-order valence-corrected chi connectivity index (χ0v) is 11.6. The molecule has 0 saturated heterocycles. The fourth-order valence-electron chi connectivity index (χ4n) is 2.02. The normalized spacial score (nSPS) is 11.9. The Morgan fingerprint density at radius 1 is 1.25 bits per heavy atom. The average Bonchev–Trinajstić information content (AvgIpc) is 2.41. The van der Waals surface area contributed by atoms with Crippen molar-refractivity contribution in [2.75, 3.05) is 5.32 Å². The van der Waals surface area contributed by atoms with E-state index in [-0.39, 0.29) is 11.7 Å². The Labute approximate surface area is 117 Å². The van der Waals surface area contributed by atoms with Crippen LogP contribution in [0.2, 0.25) is 0 Å². The number of nitrogens with one attached hydrogen (secondary N) is 1. The number of rotatable bonds is 4. The lowest BCUT2D eigenvalue weighted by Gasteiger charge is -2.17. The summed E-state index contributed by atoms with van der Waals surface area (Å²) in [4.78, 5) is 18.9. The topological polar surface area (TPSA) is 81.0 Å². The Balaban J connectivity index is 2.28. The second-order valence-corrected chi connectivity index (χ2v) is 4.65. The molecule has 1 heterocycles. The highest BCUT2D eigenvalue weighted by Crippen LogP contribution is 2.26. The van der Waals surface area contributed by atoms with E-state index in [9.17, 15) is 10.1 Å². The second kappa shape index (κ2) is 5.64. The van der Waals surface area contributed by atoms with Gasteiger partial charge >= 0.3 is 0 Å². The average molecular weight is 272 g/mol. The molecule has 0 aliphatic heterocycles. The molecule has 104 valence electrons. The van der Waals surface area contributed by atoms with Crippen LogP contribution in [0.3, 0.4) is 0 Å². The van der Waals surface area contributed by atoms with E-state index in [0.29, 0.717) is 0 Å². The number of anilines is 1. The largest absolute Gasteiger partial charge is 0.376 e. The van der Waals surface area contributed by atoms with Gasteiger partial charge in [-0.15, -0.1) is 0 Å². The monoisotopic (exact) mass is 272 g/mol. The van der Waals surface area contributed by atoms with E-state index in [1.165, 1.54) is 12.1 Å². The van der Waals surface area contributed by atoms with Crippen LogP contribution in [-0.2, 0) is 0 Å². The summed E-state index contributed by atoms with van der Waals surface area (Å²) in [7, 11) is 0. The predicted molar refractivity (Wildman–Crippen MR) is 76.6 cm³/mol. The maximum Gasteiger partial charge on any atom is 0.271 e. The number of aromatic nitrogens is 2. The minimum Gasteiger partial charge on any atom is -0.376 e. The van der Waals surface area contributed by atoms with E-state index in [1.54, 1.807) is 18.5 Å². The zero-order chi connectivity index (χ0) is 14.7. The first-order valence-corrected chi connectivity index (χ1v) is 6.28. The Bertz CT molecular complexity index is 643. The van der Waals surface area contributed by atoms with E-state index in [2.05, 4.69) is 15.3 Å². The third-order valence-electron chi connectivity index (χ3n) is 3.13. The molecule has 20 heavy (non-hydrogen) atoms. The molecule has 1 unspecified atom stereocenters. The second-order valence-electron chi connectivity index (χ2n) is 4.65. The van der Waals surface area contributed by atoms with Gasteiger partial charge in [0.15, 0.2) is 0 Å². The number of aryl methyl sites for hydroxylation is 2.